The third kappa shape index (κ3) is 3.29. The molecule has 2 heterocycles. The first kappa shape index (κ1) is 17.3. The van der Waals surface area contributed by atoms with Gasteiger partial charge in [0.25, 0.3) is 6.29 Å². The molecule has 5 aromatic rings. The van der Waals surface area contributed by atoms with Crippen LogP contribution < -0.4 is 9.47 Å². The van der Waals surface area contributed by atoms with Crippen molar-refractivity contribution in [3.63, 3.8) is 0 Å². The molecule has 6 heteroatoms. The number of nitrogens with zero attached hydrogens (tertiary/aromatic N) is 2. The molecule has 0 spiro atoms. The van der Waals surface area contributed by atoms with Crippen molar-refractivity contribution in [2.24, 2.45) is 0 Å². The van der Waals surface area contributed by atoms with E-state index >= 15 is 0 Å². The van der Waals surface area contributed by atoms with Crippen molar-refractivity contribution in [1.29, 1.82) is 0 Å². The van der Waals surface area contributed by atoms with Gasteiger partial charge in [0.1, 0.15) is 22.5 Å². The first-order chi connectivity index (χ1) is 14.2. The Hall–Kier alpha value is -3.80. The number of oxazole rings is 2. The summed E-state index contributed by atoms with van der Waals surface area (Å²) in [6.45, 7) is 3.92. The van der Waals surface area contributed by atoms with Crippen LogP contribution in [0.3, 0.4) is 0 Å². The zero-order valence-electron chi connectivity index (χ0n) is 16.0. The van der Waals surface area contributed by atoms with Crippen LogP contribution in [0.5, 0.6) is 11.5 Å². The van der Waals surface area contributed by atoms with Crippen LogP contribution in [0.25, 0.3) is 22.2 Å². The lowest BCUT2D eigenvalue weighted by Crippen LogP contribution is -2.15. The Labute approximate surface area is 166 Å². The van der Waals surface area contributed by atoms with Gasteiger partial charge in [-0.15, -0.1) is 0 Å². The average molecular weight is 386 g/mol. The number of aromatic nitrogens is 2. The van der Waals surface area contributed by atoms with Crippen LogP contribution in [0.4, 0.5) is 0 Å². The molecule has 0 aliphatic heterocycles. The second-order valence-corrected chi connectivity index (χ2v) is 6.86. The van der Waals surface area contributed by atoms with Crippen molar-refractivity contribution in [1.82, 2.24) is 9.97 Å². The maximum absolute atomic E-state index is 6.25. The van der Waals surface area contributed by atoms with Gasteiger partial charge in [0, 0.05) is 17.7 Å². The van der Waals surface area contributed by atoms with Crippen LogP contribution in [0.15, 0.2) is 76.2 Å². The molecule has 5 rings (SSSR count). The topological polar surface area (TPSA) is 70.5 Å². The molecule has 144 valence electrons. The summed E-state index contributed by atoms with van der Waals surface area (Å²) in [5.41, 5.74) is 5.77. The highest BCUT2D eigenvalue weighted by Gasteiger charge is 2.18. The van der Waals surface area contributed by atoms with Crippen molar-refractivity contribution < 1.29 is 18.3 Å². The molecule has 6 nitrogen and oxygen atoms in total. The van der Waals surface area contributed by atoms with Gasteiger partial charge in [0.15, 0.2) is 24.0 Å². The van der Waals surface area contributed by atoms with Gasteiger partial charge in [0.2, 0.25) is 0 Å². The largest absolute Gasteiger partial charge is 0.450 e. The molecular formula is C23H18N2O4. The van der Waals surface area contributed by atoms with Crippen LogP contribution in [-0.2, 0) is 0 Å². The molecule has 0 saturated carbocycles. The summed E-state index contributed by atoms with van der Waals surface area (Å²) in [4.78, 5) is 8.48. The lowest BCUT2D eigenvalue weighted by molar-refractivity contribution is 0.00394. The van der Waals surface area contributed by atoms with Crippen LogP contribution in [0.2, 0.25) is 0 Å². The van der Waals surface area contributed by atoms with Gasteiger partial charge in [-0.05, 0) is 37.1 Å². The maximum Gasteiger partial charge on any atom is 0.267 e. The first-order valence-electron chi connectivity index (χ1n) is 9.23. The summed E-state index contributed by atoms with van der Waals surface area (Å²) in [7, 11) is 0. The number of rotatable bonds is 5. The zero-order valence-corrected chi connectivity index (χ0v) is 16.0. The summed E-state index contributed by atoms with van der Waals surface area (Å²) >= 11 is 0. The standard InChI is InChI=1S/C23H18N2O4/c1-14-8-17(10-19-21(14)26-12-24-19)28-23(16-6-4-3-5-7-16)29-18-9-15(2)22-20(11-18)25-13-27-22/h3-13,23H,1-2H3. The van der Waals surface area contributed by atoms with E-state index in [1.165, 1.54) is 12.8 Å². The van der Waals surface area contributed by atoms with Gasteiger partial charge in [-0.3, -0.25) is 0 Å². The van der Waals surface area contributed by atoms with E-state index in [0.29, 0.717) is 11.5 Å². The lowest BCUT2D eigenvalue weighted by Gasteiger charge is -2.21. The summed E-state index contributed by atoms with van der Waals surface area (Å²) in [6, 6.07) is 17.3. The van der Waals surface area contributed by atoms with E-state index < -0.39 is 6.29 Å². The molecule has 2 aromatic heterocycles. The van der Waals surface area contributed by atoms with E-state index in [9.17, 15) is 0 Å². The average Bonchev–Trinajstić information content (AvgIpc) is 3.38. The smallest absolute Gasteiger partial charge is 0.267 e. The molecule has 0 saturated heterocycles. The quantitative estimate of drug-likeness (QED) is 0.359. The fraction of sp³-hybridized carbons (Fsp3) is 0.130. The normalized spacial score (nSPS) is 11.4. The minimum atomic E-state index is -0.649. The Kier molecular flexibility index (Phi) is 4.17. The molecule has 0 bridgehead atoms. The van der Waals surface area contributed by atoms with E-state index in [1.807, 2.05) is 68.4 Å². The van der Waals surface area contributed by atoms with Gasteiger partial charge < -0.3 is 18.3 Å². The highest BCUT2D eigenvalue weighted by atomic mass is 16.7. The van der Waals surface area contributed by atoms with E-state index in [4.69, 9.17) is 18.3 Å². The van der Waals surface area contributed by atoms with E-state index in [1.54, 1.807) is 0 Å². The second kappa shape index (κ2) is 6.98. The number of benzene rings is 3. The third-order valence-electron chi connectivity index (χ3n) is 4.74. The summed E-state index contributed by atoms with van der Waals surface area (Å²) in [5, 5.41) is 0. The number of aryl methyl sites for hydroxylation is 2. The summed E-state index contributed by atoms with van der Waals surface area (Å²) in [5.74, 6) is 1.30. The van der Waals surface area contributed by atoms with Crippen LogP contribution in [-0.4, -0.2) is 9.97 Å². The van der Waals surface area contributed by atoms with Gasteiger partial charge in [0.05, 0.1) is 0 Å². The van der Waals surface area contributed by atoms with Crippen molar-refractivity contribution in [2.75, 3.05) is 0 Å². The highest BCUT2D eigenvalue weighted by molar-refractivity contribution is 5.78. The molecule has 0 amide bonds. The monoisotopic (exact) mass is 386 g/mol. The van der Waals surface area contributed by atoms with Crippen molar-refractivity contribution >= 4 is 22.2 Å². The molecule has 0 atom stereocenters. The second-order valence-electron chi connectivity index (χ2n) is 6.86. The lowest BCUT2D eigenvalue weighted by atomic mass is 10.2. The molecule has 0 radical (unpaired) electrons. The molecule has 3 aromatic carbocycles. The van der Waals surface area contributed by atoms with E-state index in [-0.39, 0.29) is 0 Å². The molecule has 0 aliphatic rings. The third-order valence-corrected chi connectivity index (χ3v) is 4.74. The molecule has 0 aliphatic carbocycles. The van der Waals surface area contributed by atoms with Gasteiger partial charge in [-0.25, -0.2) is 9.97 Å². The van der Waals surface area contributed by atoms with E-state index in [2.05, 4.69) is 9.97 Å². The van der Waals surface area contributed by atoms with Crippen molar-refractivity contribution in [2.45, 2.75) is 20.1 Å². The molecule has 29 heavy (non-hydrogen) atoms. The first-order valence-corrected chi connectivity index (χ1v) is 9.23. The van der Waals surface area contributed by atoms with Crippen molar-refractivity contribution in [3.8, 4) is 11.5 Å². The minimum Gasteiger partial charge on any atom is -0.450 e. The van der Waals surface area contributed by atoms with Gasteiger partial charge >= 0.3 is 0 Å². The zero-order chi connectivity index (χ0) is 19.8. The van der Waals surface area contributed by atoms with Gasteiger partial charge in [-0.1, -0.05) is 30.3 Å². The summed E-state index contributed by atoms with van der Waals surface area (Å²) in [6.07, 6.45) is 2.22. The number of hydrogen-bond donors (Lipinski definition) is 0. The Morgan fingerprint density at radius 1 is 0.724 bits per heavy atom. The Morgan fingerprint density at radius 3 is 1.76 bits per heavy atom. The predicted molar refractivity (Wildman–Crippen MR) is 108 cm³/mol. The fourth-order valence-corrected chi connectivity index (χ4v) is 3.37. The van der Waals surface area contributed by atoms with Gasteiger partial charge in [-0.2, -0.15) is 0 Å². The van der Waals surface area contributed by atoms with Crippen LogP contribution >= 0.6 is 0 Å². The number of ether oxygens (including phenoxy) is 2. The van der Waals surface area contributed by atoms with Crippen LogP contribution in [0.1, 0.15) is 23.0 Å². The fourth-order valence-electron chi connectivity index (χ4n) is 3.37. The molecular weight excluding hydrogens is 368 g/mol. The van der Waals surface area contributed by atoms with Crippen molar-refractivity contribution in [3.05, 3.63) is 84.1 Å². The Balaban J connectivity index is 1.52. The molecule has 0 fully saturated rings. The SMILES string of the molecule is Cc1cc(OC(Oc2cc(C)c3ocnc3c2)c2ccccc2)cc2ncoc12. The highest BCUT2D eigenvalue weighted by Crippen LogP contribution is 2.31. The Bertz CT molecular complexity index is 1210. The Morgan fingerprint density at radius 2 is 1.24 bits per heavy atom. The number of fused-ring (bicyclic) bond motifs is 2. The number of hydrogen-bond acceptors (Lipinski definition) is 6. The van der Waals surface area contributed by atoms with Crippen LogP contribution in [0, 0.1) is 13.8 Å². The molecule has 0 unspecified atom stereocenters. The van der Waals surface area contributed by atoms with E-state index in [0.717, 1.165) is 38.9 Å². The minimum absolute atomic E-state index is 0.649. The maximum atomic E-state index is 6.25. The summed E-state index contributed by atoms with van der Waals surface area (Å²) < 4.78 is 23.3. The predicted octanol–water partition coefficient (Wildman–Crippen LogP) is 5.74. The molecule has 0 N–H and O–H groups in total.